The summed E-state index contributed by atoms with van der Waals surface area (Å²) < 4.78 is 0. The van der Waals surface area contributed by atoms with E-state index in [9.17, 15) is 0 Å². The van der Waals surface area contributed by atoms with E-state index in [4.69, 9.17) is 10.4 Å². The molecule has 0 aromatic heterocycles. The van der Waals surface area contributed by atoms with Crippen LogP contribution in [0.1, 0.15) is 12.8 Å². The Hall–Kier alpha value is -1.16. The molecule has 1 aliphatic rings. The second-order valence-corrected chi connectivity index (χ2v) is 2.20. The first-order chi connectivity index (χ1) is 5.38. The lowest BCUT2D eigenvalue weighted by Crippen LogP contribution is -2.13. The molecule has 0 unspecified atom stereocenters. The Kier molecular flexibility index (Phi) is 2.80. The minimum absolute atomic E-state index is 0.651. The number of nitrogens with zero attached hydrogens (tertiary/aromatic N) is 1. The molecule has 4 heteroatoms. The molecule has 2 N–H and O–H groups in total. The van der Waals surface area contributed by atoms with Crippen LogP contribution in [0.25, 0.3) is 0 Å². The number of hydrogen-bond donors (Lipinski definition) is 2. The van der Waals surface area contributed by atoms with Gasteiger partial charge in [-0.05, 0) is 12.8 Å². The van der Waals surface area contributed by atoms with Gasteiger partial charge in [-0.3, -0.25) is 10.3 Å². The molecule has 11 heavy (non-hydrogen) atoms. The molecule has 0 atom stereocenters. The number of nitrogens with one attached hydrogen (secondary N) is 2. The van der Waals surface area contributed by atoms with E-state index in [2.05, 4.69) is 10.6 Å². The largest absolute Gasteiger partial charge is 0.279 e. The quantitative estimate of drug-likeness (QED) is 0.479. The predicted molar refractivity (Wildman–Crippen MR) is 40.7 cm³/mol. The zero-order valence-electron chi connectivity index (χ0n) is 6.42. The first-order valence-electron chi connectivity index (χ1n) is 3.45. The Labute approximate surface area is 65.4 Å². The van der Waals surface area contributed by atoms with Crippen molar-refractivity contribution in [2.24, 2.45) is 5.11 Å². The Bertz CT molecular complexity index is 208. The summed E-state index contributed by atoms with van der Waals surface area (Å²) in [5.74, 6) is 0. The average Bonchev–Trinajstić information content (AvgIpc) is 2.06. The molecule has 0 bridgehead atoms. The third-order valence-corrected chi connectivity index (χ3v) is 1.46. The first kappa shape index (κ1) is 7.94. The Morgan fingerprint density at radius 2 is 2.27 bits per heavy atom. The highest BCUT2D eigenvalue weighted by molar-refractivity contribution is 5.29. The summed E-state index contributed by atoms with van der Waals surface area (Å²) in [6.07, 6.45) is 5.81. The van der Waals surface area contributed by atoms with Crippen molar-refractivity contribution in [3.05, 3.63) is 23.5 Å². The lowest BCUT2D eigenvalue weighted by molar-refractivity contribution is 0.119. The van der Waals surface area contributed by atoms with E-state index >= 15 is 0 Å². The highest BCUT2D eigenvalue weighted by Crippen LogP contribution is 2.16. The Morgan fingerprint density at radius 3 is 2.91 bits per heavy atom. The van der Waals surface area contributed by atoms with Gasteiger partial charge in [0.25, 0.3) is 0 Å². The number of rotatable bonds is 3. The van der Waals surface area contributed by atoms with Crippen LogP contribution < -0.4 is 5.48 Å². The van der Waals surface area contributed by atoms with Crippen molar-refractivity contribution < 1.29 is 4.84 Å². The second kappa shape index (κ2) is 3.88. The second-order valence-electron chi connectivity index (χ2n) is 2.20. The minimum Gasteiger partial charge on any atom is -0.279 e. The van der Waals surface area contributed by atoms with E-state index in [0.717, 1.165) is 18.5 Å². The van der Waals surface area contributed by atoms with Gasteiger partial charge in [-0.2, -0.15) is 5.11 Å². The van der Waals surface area contributed by atoms with Crippen LogP contribution in [0.2, 0.25) is 0 Å². The zero-order chi connectivity index (χ0) is 8.10. The molecular formula is C7H11N3O. The van der Waals surface area contributed by atoms with E-state index < -0.39 is 0 Å². The van der Waals surface area contributed by atoms with Crippen LogP contribution in [0.4, 0.5) is 0 Å². The van der Waals surface area contributed by atoms with Crippen molar-refractivity contribution in [3.63, 3.8) is 0 Å². The third kappa shape index (κ3) is 1.88. The van der Waals surface area contributed by atoms with Crippen LogP contribution in [0.3, 0.4) is 0 Å². The summed E-state index contributed by atoms with van der Waals surface area (Å²) in [6, 6.07) is 0. The normalized spacial score (nSPS) is 16.8. The summed E-state index contributed by atoms with van der Waals surface area (Å²) in [5.41, 5.74) is 10.9. The van der Waals surface area contributed by atoms with Gasteiger partial charge in [0.05, 0.1) is 12.8 Å². The fourth-order valence-electron chi connectivity index (χ4n) is 0.972. The molecule has 0 aliphatic heterocycles. The van der Waals surface area contributed by atoms with Crippen LogP contribution in [-0.2, 0) is 4.84 Å². The molecule has 1 rings (SSSR count). The van der Waals surface area contributed by atoms with Crippen LogP contribution in [0, 0.1) is 5.53 Å². The van der Waals surface area contributed by atoms with Crippen molar-refractivity contribution in [1.29, 1.82) is 5.53 Å². The maximum Gasteiger partial charge on any atom is 0.106 e. The summed E-state index contributed by atoms with van der Waals surface area (Å²) in [4.78, 5) is 4.71. The fourth-order valence-corrected chi connectivity index (χ4v) is 0.972. The van der Waals surface area contributed by atoms with Crippen LogP contribution in [0.15, 0.2) is 28.7 Å². The van der Waals surface area contributed by atoms with Gasteiger partial charge in [-0.15, -0.1) is 0 Å². The third-order valence-electron chi connectivity index (χ3n) is 1.46. The van der Waals surface area contributed by atoms with E-state index in [1.165, 1.54) is 7.11 Å². The molecular weight excluding hydrogens is 142 g/mol. The topological polar surface area (TPSA) is 57.5 Å². The van der Waals surface area contributed by atoms with Crippen LogP contribution >= 0.6 is 0 Å². The van der Waals surface area contributed by atoms with Gasteiger partial charge in [-0.1, -0.05) is 12.2 Å². The zero-order valence-corrected chi connectivity index (χ0v) is 6.42. The summed E-state index contributed by atoms with van der Waals surface area (Å²) in [5, 5.41) is 3.35. The highest BCUT2D eigenvalue weighted by Gasteiger charge is 2.06. The van der Waals surface area contributed by atoms with E-state index in [0.29, 0.717) is 5.70 Å². The maximum atomic E-state index is 6.83. The van der Waals surface area contributed by atoms with Crippen LogP contribution in [-0.4, -0.2) is 7.11 Å². The SMILES string of the molecule is CONC1=CCCC=C1N=N. The molecule has 0 aromatic rings. The van der Waals surface area contributed by atoms with Gasteiger partial charge < -0.3 is 0 Å². The van der Waals surface area contributed by atoms with Gasteiger partial charge in [-0.25, -0.2) is 5.53 Å². The lowest BCUT2D eigenvalue weighted by Gasteiger charge is -2.11. The fraction of sp³-hybridized carbons (Fsp3) is 0.429. The number of hydroxylamine groups is 1. The van der Waals surface area contributed by atoms with E-state index in [1.54, 1.807) is 0 Å². The monoisotopic (exact) mass is 153 g/mol. The summed E-state index contributed by atoms with van der Waals surface area (Å²) >= 11 is 0. The van der Waals surface area contributed by atoms with Crippen molar-refractivity contribution in [2.45, 2.75) is 12.8 Å². The van der Waals surface area contributed by atoms with Gasteiger partial charge in [0.1, 0.15) is 5.70 Å². The van der Waals surface area contributed by atoms with Gasteiger partial charge in [0.2, 0.25) is 0 Å². The standard InChI is InChI=1S/C7H11N3O/c1-11-10-7-5-3-2-4-6(7)9-8/h4-5,8,10H,2-3H2,1H3. The van der Waals surface area contributed by atoms with Crippen molar-refractivity contribution in [3.8, 4) is 0 Å². The molecule has 4 nitrogen and oxygen atoms in total. The van der Waals surface area contributed by atoms with Crippen molar-refractivity contribution in [2.75, 3.05) is 7.11 Å². The Balaban J connectivity index is 2.66. The van der Waals surface area contributed by atoms with Gasteiger partial charge in [0, 0.05) is 0 Å². The molecule has 0 heterocycles. The van der Waals surface area contributed by atoms with Gasteiger partial charge in [0.15, 0.2) is 0 Å². The Morgan fingerprint density at radius 1 is 1.55 bits per heavy atom. The molecule has 0 saturated carbocycles. The smallest absolute Gasteiger partial charge is 0.106 e. The maximum absolute atomic E-state index is 6.83. The molecule has 1 aliphatic carbocycles. The summed E-state index contributed by atoms with van der Waals surface area (Å²) in [7, 11) is 1.54. The predicted octanol–water partition coefficient (Wildman–Crippen LogP) is 1.73. The van der Waals surface area contributed by atoms with Gasteiger partial charge >= 0.3 is 0 Å². The number of allylic oxidation sites excluding steroid dienone is 2. The number of hydrogen-bond acceptors (Lipinski definition) is 4. The van der Waals surface area contributed by atoms with Crippen molar-refractivity contribution in [1.82, 2.24) is 5.48 Å². The highest BCUT2D eigenvalue weighted by atomic mass is 16.6. The molecule has 0 fully saturated rings. The van der Waals surface area contributed by atoms with Crippen molar-refractivity contribution >= 4 is 0 Å². The molecule has 0 radical (unpaired) electrons. The molecule has 60 valence electrons. The van der Waals surface area contributed by atoms with E-state index in [1.807, 2.05) is 12.2 Å². The van der Waals surface area contributed by atoms with E-state index in [-0.39, 0.29) is 0 Å². The minimum atomic E-state index is 0.651. The summed E-state index contributed by atoms with van der Waals surface area (Å²) in [6.45, 7) is 0. The first-order valence-corrected chi connectivity index (χ1v) is 3.45. The molecule has 0 saturated heterocycles. The molecule has 0 aromatic carbocycles. The van der Waals surface area contributed by atoms with Crippen LogP contribution in [0.5, 0.6) is 0 Å². The lowest BCUT2D eigenvalue weighted by atomic mass is 10.1. The average molecular weight is 153 g/mol. The molecule has 0 spiro atoms. The molecule has 0 amide bonds.